The number of nitrogens with one attached hydrogen (secondary N) is 1. The number of anilines is 1. The predicted molar refractivity (Wildman–Crippen MR) is 86.5 cm³/mol. The first-order chi connectivity index (χ1) is 9.74. The molecule has 2 rings (SSSR count). The highest BCUT2D eigenvalue weighted by molar-refractivity contribution is 8.00. The number of rotatable bonds is 6. The summed E-state index contributed by atoms with van der Waals surface area (Å²) < 4.78 is 5.07. The van der Waals surface area contributed by atoms with Gasteiger partial charge in [0, 0.05) is 55.5 Å². The van der Waals surface area contributed by atoms with Gasteiger partial charge in [0.1, 0.15) is 5.82 Å². The molecule has 0 saturated carbocycles. The summed E-state index contributed by atoms with van der Waals surface area (Å²) in [5, 5.41) is 4.06. The van der Waals surface area contributed by atoms with Crippen LogP contribution in [0.3, 0.4) is 0 Å². The standard InChI is InChI=1S/C15H25N3OS/c1-12-13(2)20-10-8-18(12)15-14(5-4-6-17-15)11-16-7-9-19-3/h4-6,12-13,16H,7-11H2,1-3H3. The Morgan fingerprint density at radius 3 is 3.15 bits per heavy atom. The van der Waals surface area contributed by atoms with Crippen molar-refractivity contribution in [3.8, 4) is 0 Å². The molecule has 112 valence electrons. The minimum absolute atomic E-state index is 0.529. The Morgan fingerprint density at radius 1 is 1.50 bits per heavy atom. The molecule has 1 fully saturated rings. The lowest BCUT2D eigenvalue weighted by molar-refractivity contribution is 0.199. The summed E-state index contributed by atoms with van der Waals surface area (Å²) in [5.74, 6) is 2.32. The third kappa shape index (κ3) is 3.87. The molecular weight excluding hydrogens is 270 g/mol. The van der Waals surface area contributed by atoms with E-state index in [1.165, 1.54) is 11.3 Å². The molecule has 1 saturated heterocycles. The number of ether oxygens (including phenoxy) is 1. The zero-order valence-electron chi connectivity index (χ0n) is 12.6. The highest BCUT2D eigenvalue weighted by Gasteiger charge is 2.27. The quantitative estimate of drug-likeness (QED) is 0.814. The summed E-state index contributed by atoms with van der Waals surface area (Å²) in [7, 11) is 1.73. The minimum atomic E-state index is 0.529. The van der Waals surface area contributed by atoms with Crippen LogP contribution in [0, 0.1) is 0 Å². The van der Waals surface area contributed by atoms with Crippen LogP contribution >= 0.6 is 11.8 Å². The maximum Gasteiger partial charge on any atom is 0.133 e. The largest absolute Gasteiger partial charge is 0.383 e. The maximum atomic E-state index is 5.07. The first kappa shape index (κ1) is 15.6. The zero-order valence-corrected chi connectivity index (χ0v) is 13.4. The zero-order chi connectivity index (χ0) is 14.4. The molecule has 0 aliphatic carbocycles. The fraction of sp³-hybridized carbons (Fsp3) is 0.667. The molecule has 1 aromatic rings. The number of methoxy groups -OCH3 is 1. The molecule has 0 bridgehead atoms. The highest BCUT2D eigenvalue weighted by atomic mass is 32.2. The van der Waals surface area contributed by atoms with E-state index >= 15 is 0 Å². The van der Waals surface area contributed by atoms with Gasteiger partial charge in [-0.05, 0) is 13.0 Å². The number of hydrogen-bond donors (Lipinski definition) is 1. The summed E-state index contributed by atoms with van der Waals surface area (Å²) >= 11 is 2.05. The molecule has 4 nitrogen and oxygen atoms in total. The lowest BCUT2D eigenvalue weighted by Crippen LogP contribution is -2.45. The summed E-state index contributed by atoms with van der Waals surface area (Å²) in [5.41, 5.74) is 1.27. The molecule has 2 heterocycles. The predicted octanol–water partition coefficient (Wildman–Crippen LogP) is 2.15. The second-order valence-corrected chi connectivity index (χ2v) is 6.65. The second kappa shape index (κ2) is 7.86. The Morgan fingerprint density at radius 2 is 2.35 bits per heavy atom. The lowest BCUT2D eigenvalue weighted by Gasteiger charge is -2.39. The van der Waals surface area contributed by atoms with Crippen LogP contribution in [0.1, 0.15) is 19.4 Å². The van der Waals surface area contributed by atoms with Crippen LogP contribution < -0.4 is 10.2 Å². The van der Waals surface area contributed by atoms with Gasteiger partial charge in [-0.25, -0.2) is 4.98 Å². The van der Waals surface area contributed by atoms with Crippen LogP contribution in [0.2, 0.25) is 0 Å². The van der Waals surface area contributed by atoms with Gasteiger partial charge in [-0.1, -0.05) is 13.0 Å². The van der Waals surface area contributed by atoms with Crippen molar-refractivity contribution in [1.29, 1.82) is 0 Å². The summed E-state index contributed by atoms with van der Waals surface area (Å²) in [4.78, 5) is 7.08. The van der Waals surface area contributed by atoms with Gasteiger partial charge in [0.25, 0.3) is 0 Å². The summed E-state index contributed by atoms with van der Waals surface area (Å²) in [6, 6.07) is 4.71. The van der Waals surface area contributed by atoms with Gasteiger partial charge in [0.15, 0.2) is 0 Å². The van der Waals surface area contributed by atoms with E-state index in [2.05, 4.69) is 46.9 Å². The molecular formula is C15H25N3OS. The van der Waals surface area contributed by atoms with Gasteiger partial charge in [-0.3, -0.25) is 0 Å². The van der Waals surface area contributed by atoms with E-state index in [4.69, 9.17) is 4.74 Å². The molecule has 20 heavy (non-hydrogen) atoms. The Balaban J connectivity index is 2.06. The molecule has 1 aliphatic heterocycles. The Kier molecular flexibility index (Phi) is 6.13. The molecule has 0 aromatic carbocycles. The van der Waals surface area contributed by atoms with Crippen LogP contribution in [0.4, 0.5) is 5.82 Å². The van der Waals surface area contributed by atoms with Gasteiger partial charge in [0.2, 0.25) is 0 Å². The maximum absolute atomic E-state index is 5.07. The van der Waals surface area contributed by atoms with Gasteiger partial charge in [-0.15, -0.1) is 0 Å². The Hall–Kier alpha value is -0.780. The smallest absolute Gasteiger partial charge is 0.133 e. The Labute approximate surface area is 126 Å². The van der Waals surface area contributed by atoms with E-state index in [1.54, 1.807) is 7.11 Å². The molecule has 2 unspecified atom stereocenters. The van der Waals surface area contributed by atoms with Crippen molar-refractivity contribution in [3.63, 3.8) is 0 Å². The normalized spacial score (nSPS) is 23.1. The summed E-state index contributed by atoms with van der Waals surface area (Å²) in [6.07, 6.45) is 1.90. The van der Waals surface area contributed by atoms with E-state index in [0.717, 1.165) is 32.1 Å². The number of pyridine rings is 1. The molecule has 0 radical (unpaired) electrons. The molecule has 1 aromatic heterocycles. The molecule has 0 amide bonds. The molecule has 1 N–H and O–H groups in total. The van der Waals surface area contributed by atoms with Crippen molar-refractivity contribution in [3.05, 3.63) is 23.9 Å². The van der Waals surface area contributed by atoms with Crippen LogP contribution in [-0.2, 0) is 11.3 Å². The average molecular weight is 295 g/mol. The lowest BCUT2D eigenvalue weighted by atomic mass is 10.1. The van der Waals surface area contributed by atoms with Crippen molar-refractivity contribution in [2.75, 3.05) is 37.5 Å². The molecule has 2 atom stereocenters. The van der Waals surface area contributed by atoms with E-state index in [-0.39, 0.29) is 0 Å². The van der Waals surface area contributed by atoms with Gasteiger partial charge < -0.3 is 15.0 Å². The van der Waals surface area contributed by atoms with Gasteiger partial charge in [-0.2, -0.15) is 11.8 Å². The Bertz CT molecular complexity index is 416. The van der Waals surface area contributed by atoms with Crippen LogP contribution in [-0.4, -0.2) is 48.8 Å². The second-order valence-electron chi connectivity index (χ2n) is 5.17. The van der Waals surface area contributed by atoms with Crippen LogP contribution in [0.5, 0.6) is 0 Å². The van der Waals surface area contributed by atoms with E-state index in [0.29, 0.717) is 11.3 Å². The highest BCUT2D eigenvalue weighted by Crippen LogP contribution is 2.29. The number of nitrogens with zero attached hydrogens (tertiary/aromatic N) is 2. The van der Waals surface area contributed by atoms with E-state index < -0.39 is 0 Å². The van der Waals surface area contributed by atoms with Crippen molar-refractivity contribution in [2.24, 2.45) is 0 Å². The molecule has 0 spiro atoms. The monoisotopic (exact) mass is 295 g/mol. The first-order valence-electron chi connectivity index (χ1n) is 7.26. The average Bonchev–Trinajstić information content (AvgIpc) is 2.47. The summed E-state index contributed by atoms with van der Waals surface area (Å²) in [6.45, 7) is 8.14. The van der Waals surface area contributed by atoms with Crippen LogP contribution in [0.15, 0.2) is 18.3 Å². The first-order valence-corrected chi connectivity index (χ1v) is 8.30. The van der Waals surface area contributed by atoms with Gasteiger partial charge in [0.05, 0.1) is 6.61 Å². The topological polar surface area (TPSA) is 37.4 Å². The van der Waals surface area contributed by atoms with Gasteiger partial charge >= 0.3 is 0 Å². The fourth-order valence-electron chi connectivity index (χ4n) is 2.46. The van der Waals surface area contributed by atoms with E-state index in [9.17, 15) is 0 Å². The number of aromatic nitrogens is 1. The van der Waals surface area contributed by atoms with E-state index in [1.807, 2.05) is 12.3 Å². The third-order valence-electron chi connectivity index (χ3n) is 3.82. The van der Waals surface area contributed by atoms with Crippen LogP contribution in [0.25, 0.3) is 0 Å². The van der Waals surface area contributed by atoms with Crippen molar-refractivity contribution in [1.82, 2.24) is 10.3 Å². The molecule has 1 aliphatic rings. The minimum Gasteiger partial charge on any atom is -0.383 e. The number of thioether (sulfide) groups is 1. The third-order valence-corrected chi connectivity index (χ3v) is 5.16. The van der Waals surface area contributed by atoms with Crippen molar-refractivity contribution in [2.45, 2.75) is 31.7 Å². The fourth-order valence-corrected chi connectivity index (χ4v) is 3.56. The van der Waals surface area contributed by atoms with Crippen molar-refractivity contribution >= 4 is 17.6 Å². The molecule has 5 heteroatoms. The number of hydrogen-bond acceptors (Lipinski definition) is 5. The van der Waals surface area contributed by atoms with Crippen molar-refractivity contribution < 1.29 is 4.74 Å². The SMILES string of the molecule is COCCNCc1cccnc1N1CCSC(C)C1C.